The molecule has 0 aromatic carbocycles. The molecule has 0 radical (unpaired) electrons. The van der Waals surface area contributed by atoms with Gasteiger partial charge in [-0.15, -0.1) is 6.58 Å². The SMILES string of the molecule is C=CC[C@@]1(C#N)CCC(C)=C(C)C1. The molecule has 0 fully saturated rings. The fraction of sp³-hybridized carbons (Fsp3) is 0.583. The predicted octanol–water partition coefficient (Wildman–Crippen LogP) is 3.59. The molecule has 0 aromatic heterocycles. The first kappa shape index (κ1) is 10.1. The van der Waals surface area contributed by atoms with Gasteiger partial charge in [0.1, 0.15) is 0 Å². The van der Waals surface area contributed by atoms with Gasteiger partial charge in [0.05, 0.1) is 11.5 Å². The summed E-state index contributed by atoms with van der Waals surface area (Å²) < 4.78 is 0. The maximum Gasteiger partial charge on any atom is 0.0696 e. The third kappa shape index (κ3) is 2.01. The van der Waals surface area contributed by atoms with Crippen LogP contribution in [0.3, 0.4) is 0 Å². The lowest BCUT2D eigenvalue weighted by atomic mass is 9.71. The van der Waals surface area contributed by atoms with Gasteiger partial charge in [0, 0.05) is 0 Å². The molecule has 70 valence electrons. The van der Waals surface area contributed by atoms with Gasteiger partial charge < -0.3 is 0 Å². The molecule has 0 heterocycles. The molecule has 1 heteroatoms. The summed E-state index contributed by atoms with van der Waals surface area (Å²) in [5.41, 5.74) is 2.72. The van der Waals surface area contributed by atoms with Crippen LogP contribution in [-0.4, -0.2) is 0 Å². The molecule has 1 aliphatic carbocycles. The van der Waals surface area contributed by atoms with E-state index >= 15 is 0 Å². The predicted molar refractivity (Wildman–Crippen MR) is 55.1 cm³/mol. The van der Waals surface area contributed by atoms with Crippen LogP contribution < -0.4 is 0 Å². The largest absolute Gasteiger partial charge is 0.198 e. The van der Waals surface area contributed by atoms with E-state index in [1.807, 2.05) is 6.08 Å². The maximum atomic E-state index is 9.16. The minimum Gasteiger partial charge on any atom is -0.198 e. The Morgan fingerprint density at radius 1 is 1.54 bits per heavy atom. The van der Waals surface area contributed by atoms with Crippen LogP contribution in [0.1, 0.15) is 39.5 Å². The van der Waals surface area contributed by atoms with Gasteiger partial charge in [-0.1, -0.05) is 17.2 Å². The molecule has 0 aliphatic heterocycles. The first-order chi connectivity index (χ1) is 6.13. The van der Waals surface area contributed by atoms with Crippen LogP contribution >= 0.6 is 0 Å². The van der Waals surface area contributed by atoms with Gasteiger partial charge in [-0.3, -0.25) is 0 Å². The van der Waals surface area contributed by atoms with E-state index in [1.54, 1.807) is 0 Å². The van der Waals surface area contributed by atoms with Gasteiger partial charge in [0.25, 0.3) is 0 Å². The van der Waals surface area contributed by atoms with Crippen LogP contribution in [-0.2, 0) is 0 Å². The van der Waals surface area contributed by atoms with E-state index in [9.17, 15) is 0 Å². The van der Waals surface area contributed by atoms with E-state index in [-0.39, 0.29) is 5.41 Å². The number of nitriles is 1. The molecule has 1 atom stereocenters. The molecular weight excluding hydrogens is 158 g/mol. The maximum absolute atomic E-state index is 9.16. The Morgan fingerprint density at radius 2 is 2.23 bits per heavy atom. The second-order valence-electron chi connectivity index (χ2n) is 4.12. The van der Waals surface area contributed by atoms with Crippen molar-refractivity contribution in [2.45, 2.75) is 39.5 Å². The number of hydrogen-bond donors (Lipinski definition) is 0. The van der Waals surface area contributed by atoms with Gasteiger partial charge in [-0.2, -0.15) is 5.26 Å². The Hall–Kier alpha value is -1.03. The van der Waals surface area contributed by atoms with Crippen molar-refractivity contribution in [3.8, 4) is 6.07 Å². The summed E-state index contributed by atoms with van der Waals surface area (Å²) in [7, 11) is 0. The van der Waals surface area contributed by atoms with Crippen molar-refractivity contribution < 1.29 is 0 Å². The van der Waals surface area contributed by atoms with Gasteiger partial charge >= 0.3 is 0 Å². The van der Waals surface area contributed by atoms with E-state index in [0.717, 1.165) is 25.7 Å². The van der Waals surface area contributed by atoms with E-state index in [1.165, 1.54) is 11.1 Å². The molecule has 1 aliphatic rings. The third-order valence-electron chi connectivity index (χ3n) is 3.08. The lowest BCUT2D eigenvalue weighted by Gasteiger charge is -2.31. The quantitative estimate of drug-likeness (QED) is 0.588. The van der Waals surface area contributed by atoms with Gasteiger partial charge in [0.15, 0.2) is 0 Å². The average molecular weight is 175 g/mol. The zero-order valence-electron chi connectivity index (χ0n) is 8.56. The van der Waals surface area contributed by atoms with Crippen molar-refractivity contribution in [1.82, 2.24) is 0 Å². The number of rotatable bonds is 2. The van der Waals surface area contributed by atoms with E-state index < -0.39 is 0 Å². The van der Waals surface area contributed by atoms with Crippen molar-refractivity contribution in [3.63, 3.8) is 0 Å². The smallest absolute Gasteiger partial charge is 0.0696 e. The normalized spacial score (nSPS) is 28.4. The Labute approximate surface area is 80.8 Å². The highest BCUT2D eigenvalue weighted by atomic mass is 14.4. The minimum absolute atomic E-state index is 0.147. The van der Waals surface area contributed by atoms with Crippen LogP contribution in [0.15, 0.2) is 23.8 Å². The first-order valence-corrected chi connectivity index (χ1v) is 4.81. The van der Waals surface area contributed by atoms with Crippen molar-refractivity contribution in [2.75, 3.05) is 0 Å². The highest BCUT2D eigenvalue weighted by Crippen LogP contribution is 2.41. The molecule has 0 spiro atoms. The van der Waals surface area contributed by atoms with E-state index in [0.29, 0.717) is 0 Å². The number of nitrogens with zero attached hydrogens (tertiary/aromatic N) is 1. The number of allylic oxidation sites excluding steroid dienone is 3. The molecule has 0 N–H and O–H groups in total. The molecule has 1 rings (SSSR count). The third-order valence-corrected chi connectivity index (χ3v) is 3.08. The molecule has 0 aromatic rings. The van der Waals surface area contributed by atoms with E-state index in [2.05, 4.69) is 26.5 Å². The average Bonchev–Trinajstić information content (AvgIpc) is 2.12. The Morgan fingerprint density at radius 3 is 2.69 bits per heavy atom. The van der Waals surface area contributed by atoms with Crippen molar-refractivity contribution >= 4 is 0 Å². The van der Waals surface area contributed by atoms with Crippen LogP contribution in [0.25, 0.3) is 0 Å². The highest BCUT2D eigenvalue weighted by Gasteiger charge is 2.32. The Bertz CT molecular complexity index is 280. The van der Waals surface area contributed by atoms with Gasteiger partial charge in [0.2, 0.25) is 0 Å². The molecule has 0 saturated heterocycles. The van der Waals surface area contributed by atoms with Crippen molar-refractivity contribution in [1.29, 1.82) is 5.26 Å². The van der Waals surface area contributed by atoms with Crippen LogP contribution in [0.4, 0.5) is 0 Å². The monoisotopic (exact) mass is 175 g/mol. The summed E-state index contributed by atoms with van der Waals surface area (Å²) in [6, 6.07) is 2.46. The fourth-order valence-electron chi connectivity index (χ4n) is 1.98. The van der Waals surface area contributed by atoms with Gasteiger partial charge in [-0.25, -0.2) is 0 Å². The second-order valence-corrected chi connectivity index (χ2v) is 4.12. The standard InChI is InChI=1S/C12H17N/c1-4-6-12(9-13)7-5-10(2)11(3)8-12/h4H,1,5-8H2,2-3H3/t12-/m1/s1. The summed E-state index contributed by atoms with van der Waals surface area (Å²) in [6.45, 7) is 8.04. The van der Waals surface area contributed by atoms with Crippen LogP contribution in [0.5, 0.6) is 0 Å². The summed E-state index contributed by atoms with van der Waals surface area (Å²) in [5, 5.41) is 9.16. The molecule has 0 bridgehead atoms. The Balaban J connectivity index is 2.85. The van der Waals surface area contributed by atoms with Gasteiger partial charge in [-0.05, 0) is 39.5 Å². The Kier molecular flexibility index (Phi) is 2.93. The number of hydrogen-bond acceptors (Lipinski definition) is 1. The van der Waals surface area contributed by atoms with E-state index in [4.69, 9.17) is 5.26 Å². The zero-order chi connectivity index (χ0) is 9.90. The summed E-state index contributed by atoms with van der Waals surface area (Å²) in [6.07, 6.45) is 5.71. The fourth-order valence-corrected chi connectivity index (χ4v) is 1.98. The van der Waals surface area contributed by atoms with Crippen molar-refractivity contribution in [2.24, 2.45) is 5.41 Å². The first-order valence-electron chi connectivity index (χ1n) is 4.81. The molecular formula is C12H17N. The zero-order valence-corrected chi connectivity index (χ0v) is 8.56. The summed E-state index contributed by atoms with van der Waals surface area (Å²) in [5.74, 6) is 0. The molecule has 1 nitrogen and oxygen atoms in total. The summed E-state index contributed by atoms with van der Waals surface area (Å²) >= 11 is 0. The molecule has 0 saturated carbocycles. The lowest BCUT2D eigenvalue weighted by Crippen LogP contribution is -2.22. The second kappa shape index (κ2) is 3.79. The highest BCUT2D eigenvalue weighted by molar-refractivity contribution is 5.21. The van der Waals surface area contributed by atoms with Crippen LogP contribution in [0.2, 0.25) is 0 Å². The molecule has 13 heavy (non-hydrogen) atoms. The molecule has 0 unspecified atom stereocenters. The minimum atomic E-state index is -0.147. The van der Waals surface area contributed by atoms with Crippen molar-refractivity contribution in [3.05, 3.63) is 23.8 Å². The summed E-state index contributed by atoms with van der Waals surface area (Å²) in [4.78, 5) is 0. The molecule has 0 amide bonds. The van der Waals surface area contributed by atoms with Crippen LogP contribution in [0, 0.1) is 16.7 Å². The lowest BCUT2D eigenvalue weighted by molar-refractivity contribution is 0.344. The topological polar surface area (TPSA) is 23.8 Å².